The summed E-state index contributed by atoms with van der Waals surface area (Å²) in [5.41, 5.74) is 2.91. The van der Waals surface area contributed by atoms with Crippen LogP contribution in [0.1, 0.15) is 30.9 Å². The first-order valence-corrected chi connectivity index (χ1v) is 7.13. The van der Waals surface area contributed by atoms with Gasteiger partial charge in [-0.25, -0.2) is 0 Å². The Balaban J connectivity index is 2.23. The highest BCUT2D eigenvalue weighted by Crippen LogP contribution is 2.25. The van der Waals surface area contributed by atoms with Gasteiger partial charge in [0.1, 0.15) is 6.54 Å². The van der Waals surface area contributed by atoms with E-state index in [2.05, 4.69) is 0 Å². The summed E-state index contributed by atoms with van der Waals surface area (Å²) in [6.45, 7) is 7.23. The lowest BCUT2D eigenvalue weighted by atomic mass is 10.1. The van der Waals surface area contributed by atoms with Gasteiger partial charge in [-0.1, -0.05) is 18.2 Å². The van der Waals surface area contributed by atoms with Crippen molar-refractivity contribution in [3.63, 3.8) is 0 Å². The molecule has 0 aliphatic carbocycles. The van der Waals surface area contributed by atoms with Crippen molar-refractivity contribution in [1.82, 2.24) is 4.90 Å². The SMILES string of the molecule is CC(=O)N(CC(=O)N1CCCC1)c1c(C)cccc1C. The normalized spacial score (nSPS) is 14.4. The van der Waals surface area contributed by atoms with Crippen LogP contribution < -0.4 is 4.90 Å². The first-order valence-electron chi connectivity index (χ1n) is 7.13. The highest BCUT2D eigenvalue weighted by atomic mass is 16.2. The molecule has 1 aliphatic rings. The van der Waals surface area contributed by atoms with Gasteiger partial charge in [0.15, 0.2) is 0 Å². The predicted molar refractivity (Wildman–Crippen MR) is 79.8 cm³/mol. The zero-order valence-corrected chi connectivity index (χ0v) is 12.5. The molecule has 2 rings (SSSR count). The Hall–Kier alpha value is -1.84. The van der Waals surface area contributed by atoms with Crippen LogP contribution in [0.15, 0.2) is 18.2 Å². The number of likely N-dealkylation sites (tertiary alicyclic amines) is 1. The van der Waals surface area contributed by atoms with Gasteiger partial charge in [-0.2, -0.15) is 0 Å². The number of benzene rings is 1. The van der Waals surface area contributed by atoms with E-state index in [0.717, 1.165) is 42.7 Å². The number of aryl methyl sites for hydroxylation is 2. The number of anilines is 1. The minimum absolute atomic E-state index is 0.0420. The first kappa shape index (κ1) is 14.6. The van der Waals surface area contributed by atoms with E-state index in [9.17, 15) is 9.59 Å². The molecule has 1 fully saturated rings. The van der Waals surface area contributed by atoms with Crippen molar-refractivity contribution >= 4 is 17.5 Å². The quantitative estimate of drug-likeness (QED) is 0.848. The number of carbonyl (C=O) groups excluding carboxylic acids is 2. The van der Waals surface area contributed by atoms with E-state index in [1.807, 2.05) is 36.9 Å². The number of carbonyl (C=O) groups is 2. The first-order chi connectivity index (χ1) is 9.50. The van der Waals surface area contributed by atoms with Crippen molar-refractivity contribution in [2.24, 2.45) is 0 Å². The molecular formula is C16H22N2O2. The third-order valence-corrected chi connectivity index (χ3v) is 3.84. The van der Waals surface area contributed by atoms with Gasteiger partial charge >= 0.3 is 0 Å². The molecule has 0 atom stereocenters. The molecule has 0 aromatic heterocycles. The van der Waals surface area contributed by atoms with Gasteiger partial charge in [0.25, 0.3) is 0 Å². The van der Waals surface area contributed by atoms with Crippen LogP contribution >= 0.6 is 0 Å². The summed E-state index contributed by atoms with van der Waals surface area (Å²) in [6.07, 6.45) is 2.13. The summed E-state index contributed by atoms with van der Waals surface area (Å²) < 4.78 is 0. The maximum absolute atomic E-state index is 12.3. The maximum atomic E-state index is 12.3. The smallest absolute Gasteiger partial charge is 0.242 e. The molecule has 1 aromatic rings. The van der Waals surface area contributed by atoms with Crippen LogP contribution in [0.3, 0.4) is 0 Å². The molecule has 0 saturated carbocycles. The molecule has 4 heteroatoms. The van der Waals surface area contributed by atoms with Crippen LogP contribution in [0.25, 0.3) is 0 Å². The molecule has 1 heterocycles. The molecule has 1 saturated heterocycles. The topological polar surface area (TPSA) is 40.6 Å². The van der Waals surface area contributed by atoms with Crippen molar-refractivity contribution in [2.75, 3.05) is 24.5 Å². The van der Waals surface area contributed by atoms with Crippen LogP contribution in [-0.4, -0.2) is 36.3 Å². The summed E-state index contributed by atoms with van der Waals surface area (Å²) in [5, 5.41) is 0. The number of nitrogens with zero attached hydrogens (tertiary/aromatic N) is 2. The average Bonchev–Trinajstić information content (AvgIpc) is 2.90. The molecule has 1 aliphatic heterocycles. The molecule has 0 unspecified atom stereocenters. The fourth-order valence-corrected chi connectivity index (χ4v) is 2.78. The standard InChI is InChI=1S/C16H22N2O2/c1-12-7-6-8-13(2)16(12)18(14(3)19)11-15(20)17-9-4-5-10-17/h6-8H,4-5,9-11H2,1-3H3. The molecule has 4 nitrogen and oxygen atoms in total. The number of hydrogen-bond donors (Lipinski definition) is 0. The van der Waals surface area contributed by atoms with E-state index < -0.39 is 0 Å². The minimum atomic E-state index is -0.0880. The molecule has 108 valence electrons. The maximum Gasteiger partial charge on any atom is 0.242 e. The lowest BCUT2D eigenvalue weighted by Gasteiger charge is -2.26. The van der Waals surface area contributed by atoms with Gasteiger partial charge in [0.2, 0.25) is 11.8 Å². The molecule has 0 radical (unpaired) electrons. The molecule has 0 spiro atoms. The lowest BCUT2D eigenvalue weighted by molar-refractivity contribution is -0.130. The molecular weight excluding hydrogens is 252 g/mol. The third-order valence-electron chi connectivity index (χ3n) is 3.84. The number of rotatable bonds is 3. The summed E-state index contributed by atoms with van der Waals surface area (Å²) in [5.74, 6) is -0.0460. The van der Waals surface area contributed by atoms with Crippen LogP contribution in [0, 0.1) is 13.8 Å². The second kappa shape index (κ2) is 6.07. The Kier molecular flexibility index (Phi) is 4.42. The molecule has 0 N–H and O–H groups in total. The van der Waals surface area contributed by atoms with Crippen molar-refractivity contribution in [3.8, 4) is 0 Å². The minimum Gasteiger partial charge on any atom is -0.341 e. The van der Waals surface area contributed by atoms with Gasteiger partial charge in [0.05, 0.1) is 5.69 Å². The summed E-state index contributed by atoms with van der Waals surface area (Å²) >= 11 is 0. The van der Waals surface area contributed by atoms with Crippen LogP contribution in [0.2, 0.25) is 0 Å². The van der Waals surface area contributed by atoms with Crippen molar-refractivity contribution in [2.45, 2.75) is 33.6 Å². The van der Waals surface area contributed by atoms with E-state index in [0.29, 0.717) is 0 Å². The van der Waals surface area contributed by atoms with Gasteiger partial charge in [0, 0.05) is 20.0 Å². The lowest BCUT2D eigenvalue weighted by Crippen LogP contribution is -2.41. The number of amides is 2. The molecule has 20 heavy (non-hydrogen) atoms. The van der Waals surface area contributed by atoms with Gasteiger partial charge in [-0.3, -0.25) is 9.59 Å². The van der Waals surface area contributed by atoms with Crippen LogP contribution in [0.4, 0.5) is 5.69 Å². The fourth-order valence-electron chi connectivity index (χ4n) is 2.78. The highest BCUT2D eigenvalue weighted by Gasteiger charge is 2.24. The summed E-state index contributed by atoms with van der Waals surface area (Å²) in [7, 11) is 0. The van der Waals surface area contributed by atoms with Crippen LogP contribution in [-0.2, 0) is 9.59 Å². The average molecular weight is 274 g/mol. The van der Waals surface area contributed by atoms with Gasteiger partial charge in [-0.15, -0.1) is 0 Å². The number of hydrogen-bond acceptors (Lipinski definition) is 2. The van der Waals surface area contributed by atoms with Gasteiger partial charge in [-0.05, 0) is 37.8 Å². The molecule has 2 amide bonds. The molecule has 1 aromatic carbocycles. The van der Waals surface area contributed by atoms with E-state index >= 15 is 0 Å². The van der Waals surface area contributed by atoms with E-state index in [1.165, 1.54) is 6.92 Å². The van der Waals surface area contributed by atoms with Crippen molar-refractivity contribution in [3.05, 3.63) is 29.3 Å². The number of para-hydroxylation sites is 1. The van der Waals surface area contributed by atoms with Gasteiger partial charge < -0.3 is 9.80 Å². The van der Waals surface area contributed by atoms with Crippen LogP contribution in [0.5, 0.6) is 0 Å². The monoisotopic (exact) mass is 274 g/mol. The van der Waals surface area contributed by atoms with Crippen molar-refractivity contribution in [1.29, 1.82) is 0 Å². The molecule has 0 bridgehead atoms. The zero-order valence-electron chi connectivity index (χ0n) is 12.5. The largest absolute Gasteiger partial charge is 0.341 e. The van der Waals surface area contributed by atoms with Crippen molar-refractivity contribution < 1.29 is 9.59 Å². The second-order valence-electron chi connectivity index (χ2n) is 5.43. The Morgan fingerprint density at radius 1 is 1.15 bits per heavy atom. The second-order valence-corrected chi connectivity index (χ2v) is 5.43. The summed E-state index contributed by atoms with van der Waals surface area (Å²) in [4.78, 5) is 27.7. The Morgan fingerprint density at radius 2 is 1.70 bits per heavy atom. The predicted octanol–water partition coefficient (Wildman–Crippen LogP) is 2.28. The summed E-state index contributed by atoms with van der Waals surface area (Å²) in [6, 6.07) is 5.91. The van der Waals surface area contributed by atoms with E-state index in [1.54, 1.807) is 4.90 Å². The fraction of sp³-hybridized carbons (Fsp3) is 0.500. The Labute approximate surface area is 120 Å². The zero-order chi connectivity index (χ0) is 14.7. The Morgan fingerprint density at radius 3 is 2.20 bits per heavy atom. The Bertz CT molecular complexity index is 499. The third kappa shape index (κ3) is 3.00. The highest BCUT2D eigenvalue weighted by molar-refractivity contribution is 5.98. The van der Waals surface area contributed by atoms with E-state index in [4.69, 9.17) is 0 Å². The van der Waals surface area contributed by atoms with E-state index in [-0.39, 0.29) is 18.4 Å².